The number of hydrogen-bond acceptors (Lipinski definition) is 3. The smallest absolute Gasteiger partial charge is 0.119 e. The number of hydrogen-bond donors (Lipinski definition) is 1. The van der Waals surface area contributed by atoms with Crippen molar-refractivity contribution < 1.29 is 0 Å². The van der Waals surface area contributed by atoms with Crippen molar-refractivity contribution in [2.75, 3.05) is 5.73 Å². The van der Waals surface area contributed by atoms with Crippen molar-refractivity contribution in [3.63, 3.8) is 0 Å². The predicted octanol–water partition coefficient (Wildman–Crippen LogP) is 0.909. The Kier molecular flexibility index (Phi) is 1.96. The number of nitrogen functional groups attached to an aromatic ring is 1. The molecule has 2 aromatic rings. The van der Waals surface area contributed by atoms with Gasteiger partial charge in [-0.05, 0) is 17.7 Å². The Morgan fingerprint density at radius 2 is 2.00 bits per heavy atom. The second-order valence-electron chi connectivity index (χ2n) is 2.88. The normalized spacial score (nSPS) is 10.2. The van der Waals surface area contributed by atoms with E-state index in [1.165, 1.54) is 0 Å². The first-order valence-electron chi connectivity index (χ1n) is 4.01. The van der Waals surface area contributed by atoms with Crippen LogP contribution in [0.2, 0.25) is 0 Å². The Bertz CT molecular complexity index is 380. The van der Waals surface area contributed by atoms with Gasteiger partial charge in [-0.3, -0.25) is 0 Å². The summed E-state index contributed by atoms with van der Waals surface area (Å²) in [6, 6.07) is 7.78. The van der Waals surface area contributed by atoms with Gasteiger partial charge in [-0.1, -0.05) is 12.1 Å². The topological polar surface area (TPSA) is 56.7 Å². The summed E-state index contributed by atoms with van der Waals surface area (Å²) in [5.74, 6) is 0. The molecule has 2 rings (SSSR count). The SMILES string of the molecule is Nc1cccc(Cn2cnnc2)c1. The molecule has 0 fully saturated rings. The summed E-state index contributed by atoms with van der Waals surface area (Å²) in [5, 5.41) is 7.44. The van der Waals surface area contributed by atoms with Crippen LogP contribution < -0.4 is 5.73 Å². The summed E-state index contributed by atoms with van der Waals surface area (Å²) in [6.45, 7) is 0.762. The van der Waals surface area contributed by atoms with E-state index in [1.54, 1.807) is 12.7 Å². The van der Waals surface area contributed by atoms with Gasteiger partial charge in [0.2, 0.25) is 0 Å². The van der Waals surface area contributed by atoms with Crippen LogP contribution in [0.15, 0.2) is 36.9 Å². The molecule has 0 aliphatic rings. The largest absolute Gasteiger partial charge is 0.399 e. The van der Waals surface area contributed by atoms with E-state index >= 15 is 0 Å². The van der Waals surface area contributed by atoms with Crippen LogP contribution in [0.25, 0.3) is 0 Å². The van der Waals surface area contributed by atoms with Gasteiger partial charge < -0.3 is 10.3 Å². The lowest BCUT2D eigenvalue weighted by Crippen LogP contribution is -1.97. The molecule has 0 saturated carbocycles. The molecule has 0 radical (unpaired) electrons. The number of nitrogens with zero attached hydrogens (tertiary/aromatic N) is 3. The molecular formula is C9H10N4. The van der Waals surface area contributed by atoms with E-state index in [0.717, 1.165) is 17.8 Å². The molecule has 0 unspecified atom stereocenters. The lowest BCUT2D eigenvalue weighted by atomic mass is 10.2. The standard InChI is InChI=1S/C9H10N4/c10-9-3-1-2-8(4-9)5-13-6-11-12-7-13/h1-4,6-7H,5,10H2. The minimum Gasteiger partial charge on any atom is -0.399 e. The highest BCUT2D eigenvalue weighted by molar-refractivity contribution is 5.40. The van der Waals surface area contributed by atoms with Crippen molar-refractivity contribution in [2.45, 2.75) is 6.54 Å². The third kappa shape index (κ3) is 1.84. The van der Waals surface area contributed by atoms with Gasteiger partial charge in [0.25, 0.3) is 0 Å². The van der Waals surface area contributed by atoms with E-state index in [2.05, 4.69) is 10.2 Å². The van der Waals surface area contributed by atoms with Gasteiger partial charge in [0.05, 0.1) is 6.54 Å². The van der Waals surface area contributed by atoms with Crippen LogP contribution in [0.3, 0.4) is 0 Å². The highest BCUT2D eigenvalue weighted by Gasteiger charge is 1.94. The zero-order chi connectivity index (χ0) is 9.10. The van der Waals surface area contributed by atoms with Gasteiger partial charge in [-0.2, -0.15) is 0 Å². The Morgan fingerprint density at radius 3 is 2.69 bits per heavy atom. The predicted molar refractivity (Wildman–Crippen MR) is 50.0 cm³/mol. The fraction of sp³-hybridized carbons (Fsp3) is 0.111. The molecule has 4 heteroatoms. The maximum absolute atomic E-state index is 5.65. The highest BCUT2D eigenvalue weighted by atomic mass is 15.2. The molecule has 1 heterocycles. The quantitative estimate of drug-likeness (QED) is 0.688. The average Bonchev–Trinajstić information content (AvgIpc) is 2.57. The van der Waals surface area contributed by atoms with Crippen LogP contribution in [0.5, 0.6) is 0 Å². The van der Waals surface area contributed by atoms with Crippen LogP contribution in [0.4, 0.5) is 5.69 Å². The van der Waals surface area contributed by atoms with Gasteiger partial charge in [0, 0.05) is 5.69 Å². The number of anilines is 1. The molecule has 1 aromatic heterocycles. The molecule has 0 saturated heterocycles. The van der Waals surface area contributed by atoms with Crippen LogP contribution in [0, 0.1) is 0 Å². The fourth-order valence-corrected chi connectivity index (χ4v) is 1.21. The first-order valence-corrected chi connectivity index (χ1v) is 4.01. The third-order valence-electron chi connectivity index (χ3n) is 1.78. The molecule has 0 spiro atoms. The van der Waals surface area contributed by atoms with Crippen molar-refractivity contribution in [3.05, 3.63) is 42.5 Å². The van der Waals surface area contributed by atoms with E-state index < -0.39 is 0 Å². The summed E-state index contributed by atoms with van der Waals surface area (Å²) in [4.78, 5) is 0. The van der Waals surface area contributed by atoms with Gasteiger partial charge in [0.1, 0.15) is 12.7 Å². The van der Waals surface area contributed by atoms with E-state index in [9.17, 15) is 0 Å². The first-order chi connectivity index (χ1) is 6.34. The van der Waals surface area contributed by atoms with Crippen LogP contribution in [0.1, 0.15) is 5.56 Å². The maximum atomic E-state index is 5.65. The zero-order valence-electron chi connectivity index (χ0n) is 7.09. The zero-order valence-corrected chi connectivity index (χ0v) is 7.09. The summed E-state index contributed by atoms with van der Waals surface area (Å²) < 4.78 is 1.90. The minimum absolute atomic E-state index is 0.762. The van der Waals surface area contributed by atoms with Crippen LogP contribution >= 0.6 is 0 Å². The average molecular weight is 174 g/mol. The molecule has 66 valence electrons. The summed E-state index contributed by atoms with van der Waals surface area (Å²) in [6.07, 6.45) is 3.37. The molecular weight excluding hydrogens is 164 g/mol. The van der Waals surface area contributed by atoms with Gasteiger partial charge in [0.15, 0.2) is 0 Å². The van der Waals surface area contributed by atoms with E-state index in [-0.39, 0.29) is 0 Å². The van der Waals surface area contributed by atoms with Crippen molar-refractivity contribution in [3.8, 4) is 0 Å². The Hall–Kier alpha value is -1.84. The molecule has 0 aliphatic carbocycles. The monoisotopic (exact) mass is 174 g/mol. The first kappa shape index (κ1) is 7.79. The van der Waals surface area contributed by atoms with Gasteiger partial charge >= 0.3 is 0 Å². The minimum atomic E-state index is 0.762. The number of nitrogens with two attached hydrogens (primary N) is 1. The van der Waals surface area contributed by atoms with Crippen molar-refractivity contribution in [1.29, 1.82) is 0 Å². The molecule has 0 atom stereocenters. The Labute approximate surface area is 76.0 Å². The van der Waals surface area contributed by atoms with Crippen molar-refractivity contribution >= 4 is 5.69 Å². The number of aromatic nitrogens is 3. The molecule has 2 N–H and O–H groups in total. The highest BCUT2D eigenvalue weighted by Crippen LogP contribution is 2.07. The summed E-state index contributed by atoms with van der Waals surface area (Å²) in [7, 11) is 0. The number of rotatable bonds is 2. The second-order valence-corrected chi connectivity index (χ2v) is 2.88. The van der Waals surface area contributed by atoms with Crippen LogP contribution in [-0.4, -0.2) is 14.8 Å². The third-order valence-corrected chi connectivity index (χ3v) is 1.78. The van der Waals surface area contributed by atoms with E-state index in [4.69, 9.17) is 5.73 Å². The molecule has 1 aromatic carbocycles. The summed E-state index contributed by atoms with van der Waals surface area (Å²) in [5.41, 5.74) is 7.58. The molecule has 0 aliphatic heterocycles. The van der Waals surface area contributed by atoms with E-state index in [1.807, 2.05) is 28.8 Å². The van der Waals surface area contributed by atoms with Gasteiger partial charge in [-0.25, -0.2) is 0 Å². The Balaban J connectivity index is 2.19. The molecule has 0 amide bonds. The lowest BCUT2D eigenvalue weighted by molar-refractivity contribution is 0.794. The van der Waals surface area contributed by atoms with Gasteiger partial charge in [-0.15, -0.1) is 10.2 Å². The van der Waals surface area contributed by atoms with Crippen molar-refractivity contribution in [2.24, 2.45) is 0 Å². The second kappa shape index (κ2) is 3.26. The molecule has 0 bridgehead atoms. The van der Waals surface area contributed by atoms with Crippen molar-refractivity contribution in [1.82, 2.24) is 14.8 Å². The van der Waals surface area contributed by atoms with E-state index in [0.29, 0.717) is 0 Å². The molecule has 4 nitrogen and oxygen atoms in total. The molecule has 13 heavy (non-hydrogen) atoms. The maximum Gasteiger partial charge on any atom is 0.119 e. The lowest BCUT2D eigenvalue weighted by Gasteiger charge is -2.01. The Morgan fingerprint density at radius 1 is 1.23 bits per heavy atom. The summed E-state index contributed by atoms with van der Waals surface area (Å²) >= 11 is 0. The van der Waals surface area contributed by atoms with Crippen LogP contribution in [-0.2, 0) is 6.54 Å². The fourth-order valence-electron chi connectivity index (χ4n) is 1.21. The number of benzene rings is 1.